The second-order valence-electron chi connectivity index (χ2n) is 7.45. The van der Waals surface area contributed by atoms with E-state index in [0.717, 1.165) is 22.0 Å². The fraction of sp³-hybridized carbons (Fsp3) is 0.174. The van der Waals surface area contributed by atoms with Gasteiger partial charge < -0.3 is 5.32 Å². The standard InChI is InChI=1S/C23H19BrClF3N2O3S/c1-15-2-4-16(5-3-15)13-30(34(32,33)19-9-7-18(24)8-10-19)14-22(31)29-21-12-17(23(26,27)28)6-11-20(21)25/h2-12H,13-14H2,1H3,(H,29,31). The smallest absolute Gasteiger partial charge is 0.324 e. The summed E-state index contributed by atoms with van der Waals surface area (Å²) in [5.41, 5.74) is 0.350. The van der Waals surface area contributed by atoms with Crippen molar-refractivity contribution in [2.45, 2.75) is 24.5 Å². The summed E-state index contributed by atoms with van der Waals surface area (Å²) in [4.78, 5) is 12.7. The zero-order chi connectivity index (χ0) is 25.1. The molecule has 0 unspecified atom stereocenters. The van der Waals surface area contributed by atoms with Gasteiger partial charge in [-0.3, -0.25) is 4.79 Å². The molecule has 1 N–H and O–H groups in total. The van der Waals surface area contributed by atoms with Gasteiger partial charge in [0.2, 0.25) is 15.9 Å². The van der Waals surface area contributed by atoms with Gasteiger partial charge in [0.1, 0.15) is 0 Å². The van der Waals surface area contributed by atoms with E-state index in [0.29, 0.717) is 16.1 Å². The van der Waals surface area contributed by atoms with E-state index in [1.165, 1.54) is 12.1 Å². The number of hydrogen-bond donors (Lipinski definition) is 1. The van der Waals surface area contributed by atoms with Crippen molar-refractivity contribution in [2.75, 3.05) is 11.9 Å². The van der Waals surface area contributed by atoms with E-state index < -0.39 is 34.2 Å². The molecule has 180 valence electrons. The van der Waals surface area contributed by atoms with Crippen LogP contribution in [0.15, 0.2) is 76.1 Å². The van der Waals surface area contributed by atoms with Gasteiger partial charge in [-0.1, -0.05) is 57.4 Å². The number of rotatable bonds is 7. The minimum Gasteiger partial charge on any atom is -0.324 e. The molecule has 11 heteroatoms. The number of aryl methyl sites for hydroxylation is 1. The van der Waals surface area contributed by atoms with Crippen LogP contribution in [0.2, 0.25) is 5.02 Å². The van der Waals surface area contributed by atoms with Crippen LogP contribution in [0.25, 0.3) is 0 Å². The Bertz CT molecular complexity index is 1280. The predicted molar refractivity (Wildman–Crippen MR) is 128 cm³/mol. The average molecular weight is 576 g/mol. The van der Waals surface area contributed by atoms with Crippen LogP contribution < -0.4 is 5.32 Å². The lowest BCUT2D eigenvalue weighted by molar-refractivity contribution is -0.137. The van der Waals surface area contributed by atoms with Gasteiger partial charge in [0.05, 0.1) is 27.7 Å². The van der Waals surface area contributed by atoms with Crippen molar-refractivity contribution in [3.63, 3.8) is 0 Å². The van der Waals surface area contributed by atoms with E-state index in [2.05, 4.69) is 21.2 Å². The van der Waals surface area contributed by atoms with Gasteiger partial charge in [0.25, 0.3) is 0 Å². The largest absolute Gasteiger partial charge is 0.416 e. The van der Waals surface area contributed by atoms with Crippen LogP contribution in [0.3, 0.4) is 0 Å². The number of amides is 1. The molecular formula is C23H19BrClF3N2O3S. The molecule has 0 atom stereocenters. The highest BCUT2D eigenvalue weighted by atomic mass is 79.9. The predicted octanol–water partition coefficient (Wildman–Crippen LogP) is 6.26. The summed E-state index contributed by atoms with van der Waals surface area (Å²) in [5.74, 6) is -0.839. The van der Waals surface area contributed by atoms with Crippen LogP contribution >= 0.6 is 27.5 Å². The molecule has 3 aromatic carbocycles. The Morgan fingerprint density at radius 1 is 1.03 bits per heavy atom. The first kappa shape index (κ1) is 26.2. The van der Waals surface area contributed by atoms with Crippen molar-refractivity contribution < 1.29 is 26.4 Å². The Balaban J connectivity index is 1.90. The molecule has 1 amide bonds. The van der Waals surface area contributed by atoms with Gasteiger partial charge in [-0.2, -0.15) is 17.5 Å². The first-order chi connectivity index (χ1) is 15.9. The number of halogens is 5. The third-order valence-electron chi connectivity index (χ3n) is 4.82. The second-order valence-corrected chi connectivity index (χ2v) is 10.7. The Labute approximate surface area is 208 Å². The quantitative estimate of drug-likeness (QED) is 0.362. The number of benzene rings is 3. The summed E-state index contributed by atoms with van der Waals surface area (Å²) in [6.45, 7) is 1.12. The summed E-state index contributed by atoms with van der Waals surface area (Å²) >= 11 is 9.20. The molecule has 3 rings (SSSR count). The van der Waals surface area contributed by atoms with E-state index in [1.807, 2.05) is 19.1 Å². The number of nitrogens with one attached hydrogen (secondary N) is 1. The van der Waals surface area contributed by atoms with Gasteiger partial charge >= 0.3 is 6.18 Å². The lowest BCUT2D eigenvalue weighted by Crippen LogP contribution is -2.37. The fourth-order valence-electron chi connectivity index (χ4n) is 3.03. The highest BCUT2D eigenvalue weighted by Crippen LogP contribution is 2.34. The van der Waals surface area contributed by atoms with Gasteiger partial charge in [-0.05, 0) is 55.0 Å². The van der Waals surface area contributed by atoms with E-state index in [-0.39, 0.29) is 22.2 Å². The topological polar surface area (TPSA) is 66.5 Å². The summed E-state index contributed by atoms with van der Waals surface area (Å²) in [5, 5.41) is 2.19. The maximum absolute atomic E-state index is 13.3. The zero-order valence-electron chi connectivity index (χ0n) is 17.7. The van der Waals surface area contributed by atoms with Crippen LogP contribution in [0, 0.1) is 6.92 Å². The zero-order valence-corrected chi connectivity index (χ0v) is 20.9. The molecule has 0 aliphatic carbocycles. The summed E-state index contributed by atoms with van der Waals surface area (Å²) < 4.78 is 67.4. The normalized spacial score (nSPS) is 12.1. The average Bonchev–Trinajstić information content (AvgIpc) is 2.76. The monoisotopic (exact) mass is 574 g/mol. The molecule has 0 bridgehead atoms. The molecule has 0 spiro atoms. The number of nitrogens with zero attached hydrogens (tertiary/aromatic N) is 1. The van der Waals surface area contributed by atoms with E-state index in [9.17, 15) is 26.4 Å². The van der Waals surface area contributed by atoms with Crippen LogP contribution in [0.4, 0.5) is 18.9 Å². The highest BCUT2D eigenvalue weighted by Gasteiger charge is 2.32. The molecule has 0 aliphatic heterocycles. The summed E-state index contributed by atoms with van der Waals surface area (Å²) in [6.07, 6.45) is -4.63. The summed E-state index contributed by atoms with van der Waals surface area (Å²) in [6, 6.07) is 15.5. The van der Waals surface area contributed by atoms with Crippen LogP contribution in [0.1, 0.15) is 16.7 Å². The minimum atomic E-state index is -4.63. The Kier molecular flexibility index (Phi) is 8.07. The number of carbonyl (C=O) groups excluding carboxylic acids is 1. The molecule has 0 heterocycles. The molecule has 34 heavy (non-hydrogen) atoms. The Morgan fingerprint density at radius 2 is 1.65 bits per heavy atom. The first-order valence-corrected chi connectivity index (χ1v) is 12.5. The Morgan fingerprint density at radius 3 is 2.24 bits per heavy atom. The van der Waals surface area contributed by atoms with Crippen molar-refractivity contribution in [1.82, 2.24) is 4.31 Å². The lowest BCUT2D eigenvalue weighted by Gasteiger charge is -2.22. The molecule has 0 fully saturated rings. The minimum absolute atomic E-state index is 0.0345. The van der Waals surface area contributed by atoms with Crippen molar-refractivity contribution in [3.05, 3.63) is 92.9 Å². The van der Waals surface area contributed by atoms with Crippen molar-refractivity contribution in [1.29, 1.82) is 0 Å². The number of anilines is 1. The van der Waals surface area contributed by atoms with Gasteiger partial charge in [0, 0.05) is 11.0 Å². The molecule has 0 saturated heterocycles. The van der Waals surface area contributed by atoms with Crippen LogP contribution in [0.5, 0.6) is 0 Å². The van der Waals surface area contributed by atoms with Crippen LogP contribution in [-0.2, 0) is 27.5 Å². The van der Waals surface area contributed by atoms with Crippen molar-refractivity contribution in [2.24, 2.45) is 0 Å². The third kappa shape index (κ3) is 6.59. The van der Waals surface area contributed by atoms with Gasteiger partial charge in [0.15, 0.2) is 0 Å². The second kappa shape index (κ2) is 10.5. The number of alkyl halides is 3. The van der Waals surface area contributed by atoms with Gasteiger partial charge in [-0.25, -0.2) is 8.42 Å². The SMILES string of the molecule is Cc1ccc(CN(CC(=O)Nc2cc(C(F)(F)F)ccc2Cl)S(=O)(=O)c2ccc(Br)cc2)cc1. The molecule has 0 radical (unpaired) electrons. The number of carbonyl (C=O) groups is 1. The summed E-state index contributed by atoms with van der Waals surface area (Å²) in [7, 11) is -4.12. The molecular weight excluding hydrogens is 557 g/mol. The van der Waals surface area contributed by atoms with Crippen molar-refractivity contribution >= 4 is 49.1 Å². The maximum Gasteiger partial charge on any atom is 0.416 e. The van der Waals surface area contributed by atoms with E-state index in [4.69, 9.17) is 11.6 Å². The molecule has 3 aromatic rings. The third-order valence-corrected chi connectivity index (χ3v) is 7.48. The maximum atomic E-state index is 13.3. The highest BCUT2D eigenvalue weighted by molar-refractivity contribution is 9.10. The Hall–Kier alpha value is -2.40. The number of sulfonamides is 1. The molecule has 0 saturated carbocycles. The van der Waals surface area contributed by atoms with E-state index >= 15 is 0 Å². The molecule has 0 aromatic heterocycles. The fourth-order valence-corrected chi connectivity index (χ4v) is 4.84. The van der Waals surface area contributed by atoms with E-state index in [1.54, 1.807) is 24.3 Å². The molecule has 0 aliphatic rings. The number of hydrogen-bond acceptors (Lipinski definition) is 3. The van der Waals surface area contributed by atoms with Crippen molar-refractivity contribution in [3.8, 4) is 0 Å². The lowest BCUT2D eigenvalue weighted by atomic mass is 10.1. The van der Waals surface area contributed by atoms with Gasteiger partial charge in [-0.15, -0.1) is 0 Å². The first-order valence-electron chi connectivity index (χ1n) is 9.84. The molecule has 5 nitrogen and oxygen atoms in total. The van der Waals surface area contributed by atoms with Crippen LogP contribution in [-0.4, -0.2) is 25.2 Å².